The van der Waals surface area contributed by atoms with E-state index in [2.05, 4.69) is 15.3 Å². The largest absolute Gasteiger partial charge is 0.465 e. The Hall–Kier alpha value is -3.16. The number of anilines is 1. The van der Waals surface area contributed by atoms with E-state index in [1.54, 1.807) is 4.90 Å². The molecule has 1 aromatic heterocycles. The maximum absolute atomic E-state index is 12.2. The van der Waals surface area contributed by atoms with Crippen molar-refractivity contribution in [2.75, 3.05) is 24.5 Å². The lowest BCUT2D eigenvalue weighted by atomic mass is 10.1. The van der Waals surface area contributed by atoms with Gasteiger partial charge in [0.05, 0.1) is 17.8 Å². The fraction of sp³-hybridized carbons (Fsp3) is 0.368. The Morgan fingerprint density at radius 1 is 1.19 bits per heavy atom. The van der Waals surface area contributed by atoms with Gasteiger partial charge in [-0.2, -0.15) is 0 Å². The van der Waals surface area contributed by atoms with Gasteiger partial charge in [0.1, 0.15) is 12.1 Å². The summed E-state index contributed by atoms with van der Waals surface area (Å²) in [4.78, 5) is 35.9. The van der Waals surface area contributed by atoms with Crippen LogP contribution in [0.5, 0.6) is 0 Å². The molecule has 2 aliphatic rings. The van der Waals surface area contributed by atoms with Crippen LogP contribution in [0.3, 0.4) is 0 Å². The fourth-order valence-electron chi connectivity index (χ4n) is 3.90. The van der Waals surface area contributed by atoms with Crippen molar-refractivity contribution in [3.8, 4) is 11.3 Å². The molecule has 2 amide bonds. The van der Waals surface area contributed by atoms with Crippen LogP contribution < -0.4 is 10.2 Å². The predicted molar refractivity (Wildman–Crippen MR) is 99.4 cm³/mol. The number of rotatable bonds is 4. The first kappa shape index (κ1) is 17.3. The number of carbonyl (C=O) groups is 2. The Balaban J connectivity index is 1.59. The summed E-state index contributed by atoms with van der Waals surface area (Å²) in [6, 6.07) is 11.2. The van der Waals surface area contributed by atoms with Crippen LogP contribution in [-0.4, -0.2) is 63.7 Å². The minimum Gasteiger partial charge on any atom is -0.465 e. The summed E-state index contributed by atoms with van der Waals surface area (Å²) in [5, 5.41) is 11.8. The molecule has 2 aromatic rings. The van der Waals surface area contributed by atoms with Gasteiger partial charge >= 0.3 is 6.09 Å². The predicted octanol–water partition coefficient (Wildman–Crippen LogP) is 1.59. The van der Waals surface area contributed by atoms with E-state index in [1.165, 1.54) is 6.33 Å². The molecule has 140 valence electrons. The summed E-state index contributed by atoms with van der Waals surface area (Å²) in [6.07, 6.45) is 1.79. The Labute approximate surface area is 156 Å². The summed E-state index contributed by atoms with van der Waals surface area (Å²) in [6.45, 7) is 1.68. The Morgan fingerprint density at radius 2 is 2.00 bits per heavy atom. The van der Waals surface area contributed by atoms with Crippen LogP contribution in [0.2, 0.25) is 0 Å². The molecule has 0 spiro atoms. The van der Waals surface area contributed by atoms with Crippen molar-refractivity contribution in [2.45, 2.75) is 24.9 Å². The van der Waals surface area contributed by atoms with Gasteiger partial charge in [-0.05, 0) is 6.42 Å². The second kappa shape index (κ2) is 7.22. The van der Waals surface area contributed by atoms with Gasteiger partial charge < -0.3 is 20.2 Å². The highest BCUT2D eigenvalue weighted by molar-refractivity contribution is 5.79. The lowest BCUT2D eigenvalue weighted by Gasteiger charge is -2.28. The number of nitrogens with zero attached hydrogens (tertiary/aromatic N) is 4. The second-order valence-electron chi connectivity index (χ2n) is 6.85. The second-order valence-corrected chi connectivity index (χ2v) is 6.85. The monoisotopic (exact) mass is 367 g/mol. The van der Waals surface area contributed by atoms with E-state index in [4.69, 9.17) is 0 Å². The van der Waals surface area contributed by atoms with Gasteiger partial charge in [-0.15, -0.1) is 0 Å². The fourth-order valence-corrected chi connectivity index (χ4v) is 3.90. The van der Waals surface area contributed by atoms with Crippen molar-refractivity contribution in [3.63, 3.8) is 0 Å². The highest BCUT2D eigenvalue weighted by atomic mass is 16.4. The average Bonchev–Trinajstić information content (AvgIpc) is 3.28. The molecule has 0 aliphatic carbocycles. The molecule has 4 rings (SSSR count). The molecule has 2 N–H and O–H groups in total. The van der Waals surface area contributed by atoms with Crippen LogP contribution in [0, 0.1) is 0 Å². The van der Waals surface area contributed by atoms with Crippen molar-refractivity contribution in [3.05, 3.63) is 42.7 Å². The Morgan fingerprint density at radius 3 is 2.70 bits per heavy atom. The molecule has 2 fully saturated rings. The zero-order valence-corrected chi connectivity index (χ0v) is 14.8. The SMILES string of the molecule is O=C(O)N[C@H]1CN(c2cc(-c3ccccc3)ncn2)C[C@@H]1N1CCCC1=O. The topological polar surface area (TPSA) is 98.7 Å². The molecule has 8 nitrogen and oxygen atoms in total. The Bertz CT molecular complexity index is 844. The first-order chi connectivity index (χ1) is 13.1. The minimum atomic E-state index is -1.08. The number of benzene rings is 1. The molecule has 2 atom stereocenters. The van der Waals surface area contributed by atoms with Gasteiger partial charge in [-0.3, -0.25) is 4.79 Å². The van der Waals surface area contributed by atoms with E-state index in [9.17, 15) is 14.7 Å². The number of aromatic nitrogens is 2. The minimum absolute atomic E-state index is 0.0895. The molecule has 0 saturated carbocycles. The molecule has 0 unspecified atom stereocenters. The van der Waals surface area contributed by atoms with E-state index >= 15 is 0 Å². The molecular formula is C19H21N5O3. The van der Waals surface area contributed by atoms with Crippen LogP contribution in [0.25, 0.3) is 11.3 Å². The van der Waals surface area contributed by atoms with E-state index in [0.717, 1.165) is 23.5 Å². The first-order valence-corrected chi connectivity index (χ1v) is 9.03. The number of nitrogens with one attached hydrogen (secondary N) is 1. The standard InChI is InChI=1S/C19H21N5O3/c25-18-7-4-8-24(18)16-11-23(10-15(16)22-19(26)27)17-9-14(20-12-21-17)13-5-2-1-3-6-13/h1-3,5-6,9,12,15-16,22H,4,7-8,10-11H2,(H,26,27)/t15-,16-/m0/s1. The van der Waals surface area contributed by atoms with Crippen LogP contribution in [0.4, 0.5) is 10.6 Å². The van der Waals surface area contributed by atoms with Crippen LogP contribution in [0.1, 0.15) is 12.8 Å². The highest BCUT2D eigenvalue weighted by Gasteiger charge is 2.41. The molecule has 2 saturated heterocycles. The van der Waals surface area contributed by atoms with Crippen molar-refractivity contribution in [1.29, 1.82) is 0 Å². The molecule has 3 heterocycles. The zero-order chi connectivity index (χ0) is 18.8. The number of hydrogen-bond acceptors (Lipinski definition) is 5. The lowest BCUT2D eigenvalue weighted by Crippen LogP contribution is -2.51. The van der Waals surface area contributed by atoms with Crippen molar-refractivity contribution in [2.24, 2.45) is 0 Å². The Kier molecular flexibility index (Phi) is 4.62. The average molecular weight is 367 g/mol. The van der Waals surface area contributed by atoms with Gasteiger partial charge in [0, 0.05) is 37.7 Å². The molecule has 0 radical (unpaired) electrons. The van der Waals surface area contributed by atoms with Gasteiger partial charge in [-0.25, -0.2) is 14.8 Å². The van der Waals surface area contributed by atoms with Crippen LogP contribution in [0.15, 0.2) is 42.7 Å². The van der Waals surface area contributed by atoms with Gasteiger partial charge in [0.25, 0.3) is 0 Å². The summed E-state index contributed by atoms with van der Waals surface area (Å²) in [5.41, 5.74) is 1.80. The molecular weight excluding hydrogens is 346 g/mol. The number of carbonyl (C=O) groups excluding carboxylic acids is 1. The number of amides is 2. The van der Waals surface area contributed by atoms with Gasteiger partial charge in [0.2, 0.25) is 5.91 Å². The molecule has 0 bridgehead atoms. The molecule has 27 heavy (non-hydrogen) atoms. The third-order valence-electron chi connectivity index (χ3n) is 5.15. The first-order valence-electron chi connectivity index (χ1n) is 9.03. The van der Waals surface area contributed by atoms with Crippen molar-refractivity contribution >= 4 is 17.8 Å². The van der Waals surface area contributed by atoms with E-state index in [0.29, 0.717) is 26.1 Å². The van der Waals surface area contributed by atoms with E-state index in [-0.39, 0.29) is 18.0 Å². The number of hydrogen-bond donors (Lipinski definition) is 2. The molecule has 2 aliphatic heterocycles. The quantitative estimate of drug-likeness (QED) is 0.852. The summed E-state index contributed by atoms with van der Waals surface area (Å²) in [7, 11) is 0. The summed E-state index contributed by atoms with van der Waals surface area (Å²) < 4.78 is 0. The zero-order valence-electron chi connectivity index (χ0n) is 14.8. The molecule has 8 heteroatoms. The smallest absolute Gasteiger partial charge is 0.405 e. The van der Waals surface area contributed by atoms with Crippen molar-refractivity contribution < 1.29 is 14.7 Å². The number of carboxylic acid groups (broad SMARTS) is 1. The maximum Gasteiger partial charge on any atom is 0.405 e. The van der Waals surface area contributed by atoms with E-state index in [1.807, 2.05) is 41.3 Å². The van der Waals surface area contributed by atoms with E-state index < -0.39 is 6.09 Å². The molecule has 1 aromatic carbocycles. The summed E-state index contributed by atoms with van der Waals surface area (Å²) in [5.74, 6) is 0.821. The third kappa shape index (κ3) is 3.55. The summed E-state index contributed by atoms with van der Waals surface area (Å²) >= 11 is 0. The van der Waals surface area contributed by atoms with Gasteiger partial charge in [-0.1, -0.05) is 30.3 Å². The van der Waals surface area contributed by atoms with Gasteiger partial charge in [0.15, 0.2) is 0 Å². The van der Waals surface area contributed by atoms with Crippen LogP contribution >= 0.6 is 0 Å². The van der Waals surface area contributed by atoms with Crippen molar-refractivity contribution in [1.82, 2.24) is 20.2 Å². The number of likely N-dealkylation sites (tertiary alicyclic amines) is 1. The lowest BCUT2D eigenvalue weighted by molar-refractivity contribution is -0.129. The van der Waals surface area contributed by atoms with Crippen LogP contribution in [-0.2, 0) is 4.79 Å². The third-order valence-corrected chi connectivity index (χ3v) is 5.15. The maximum atomic E-state index is 12.2. The highest BCUT2D eigenvalue weighted by Crippen LogP contribution is 2.27. The normalized spacial score (nSPS) is 22.3.